The van der Waals surface area contributed by atoms with Crippen molar-refractivity contribution in [3.8, 4) is 0 Å². The maximum Gasteiger partial charge on any atom is 0.255 e. The van der Waals surface area contributed by atoms with E-state index in [4.69, 9.17) is 0 Å². The molecule has 5 nitrogen and oxygen atoms in total. The molecule has 6 heteroatoms. The van der Waals surface area contributed by atoms with Gasteiger partial charge in [0.1, 0.15) is 0 Å². The van der Waals surface area contributed by atoms with E-state index in [0.717, 1.165) is 22.4 Å². The normalized spacial score (nSPS) is 11.4. The molecule has 0 aliphatic heterocycles. The third-order valence-corrected chi connectivity index (χ3v) is 5.32. The van der Waals surface area contributed by atoms with Gasteiger partial charge < -0.3 is 5.32 Å². The van der Waals surface area contributed by atoms with Crippen LogP contribution in [0.5, 0.6) is 0 Å². The Bertz CT molecular complexity index is 866. The van der Waals surface area contributed by atoms with Gasteiger partial charge >= 0.3 is 0 Å². The summed E-state index contributed by atoms with van der Waals surface area (Å²) >= 11 is 0. The number of amides is 1. The highest BCUT2D eigenvalue weighted by molar-refractivity contribution is 7.89. The Morgan fingerprint density at radius 3 is 2.28 bits per heavy atom. The second-order valence-electron chi connectivity index (χ2n) is 6.15. The minimum Gasteiger partial charge on any atom is -0.322 e. The van der Waals surface area contributed by atoms with Gasteiger partial charge in [0.05, 0.1) is 4.90 Å². The molecule has 25 heavy (non-hydrogen) atoms. The maximum atomic E-state index is 12.6. The summed E-state index contributed by atoms with van der Waals surface area (Å²) in [6.07, 6.45) is 0.700. The highest BCUT2D eigenvalue weighted by Crippen LogP contribution is 2.23. The van der Waals surface area contributed by atoms with Crippen LogP contribution < -0.4 is 10.0 Å². The zero-order chi connectivity index (χ0) is 18.6. The Labute approximate surface area is 149 Å². The predicted octanol–water partition coefficient (Wildman–Crippen LogP) is 3.55. The number of hydrogen-bond acceptors (Lipinski definition) is 3. The minimum absolute atomic E-state index is 0.0888. The summed E-state index contributed by atoms with van der Waals surface area (Å²) in [7, 11) is -3.60. The molecular formula is C19H24N2O3S. The van der Waals surface area contributed by atoms with Crippen LogP contribution in [0.1, 0.15) is 40.4 Å². The lowest BCUT2D eigenvalue weighted by molar-refractivity contribution is 0.102. The molecule has 0 saturated heterocycles. The molecule has 0 bridgehead atoms. The van der Waals surface area contributed by atoms with Crippen molar-refractivity contribution in [2.24, 2.45) is 0 Å². The van der Waals surface area contributed by atoms with Crippen LogP contribution >= 0.6 is 0 Å². The van der Waals surface area contributed by atoms with Crippen LogP contribution in [0, 0.1) is 20.8 Å². The summed E-state index contributed by atoms with van der Waals surface area (Å²) in [6.45, 7) is 8.12. The van der Waals surface area contributed by atoms with Crippen molar-refractivity contribution in [2.75, 3.05) is 11.9 Å². The van der Waals surface area contributed by atoms with Gasteiger partial charge in [-0.2, -0.15) is 0 Å². The molecule has 0 aliphatic carbocycles. The summed E-state index contributed by atoms with van der Waals surface area (Å²) < 4.78 is 27.0. The molecule has 2 rings (SSSR count). The van der Waals surface area contributed by atoms with Gasteiger partial charge in [-0.3, -0.25) is 4.79 Å². The molecule has 0 radical (unpaired) electrons. The van der Waals surface area contributed by atoms with E-state index in [0.29, 0.717) is 18.5 Å². The number of nitrogens with one attached hydrogen (secondary N) is 2. The Balaban J connectivity index is 2.28. The van der Waals surface area contributed by atoms with E-state index in [1.165, 1.54) is 12.1 Å². The summed E-state index contributed by atoms with van der Waals surface area (Å²) in [5.41, 5.74) is 4.13. The molecule has 0 heterocycles. The van der Waals surface area contributed by atoms with Gasteiger partial charge in [0, 0.05) is 17.8 Å². The smallest absolute Gasteiger partial charge is 0.255 e. The molecule has 0 atom stereocenters. The second kappa shape index (κ2) is 7.80. The zero-order valence-corrected chi connectivity index (χ0v) is 15.8. The summed E-state index contributed by atoms with van der Waals surface area (Å²) in [6, 6.07) is 10.1. The first-order chi connectivity index (χ1) is 11.7. The van der Waals surface area contributed by atoms with Crippen LogP contribution in [-0.4, -0.2) is 20.9 Å². The first-order valence-electron chi connectivity index (χ1n) is 8.23. The first-order valence-corrected chi connectivity index (χ1v) is 9.72. The SMILES string of the molecule is CCCNS(=O)(=O)c1cccc(C(=O)Nc2c(C)cc(C)cc2C)c1. The van der Waals surface area contributed by atoms with Crippen LogP contribution in [0.15, 0.2) is 41.3 Å². The molecule has 0 fully saturated rings. The Morgan fingerprint density at radius 1 is 1.04 bits per heavy atom. The maximum absolute atomic E-state index is 12.6. The number of sulfonamides is 1. The number of aryl methyl sites for hydroxylation is 3. The standard InChI is InChI=1S/C19H24N2O3S/c1-5-9-20-25(23,24)17-8-6-7-16(12-17)19(22)21-18-14(3)10-13(2)11-15(18)4/h6-8,10-12,20H,5,9H2,1-4H3,(H,21,22). The van der Waals surface area contributed by atoms with Crippen LogP contribution in [0.4, 0.5) is 5.69 Å². The van der Waals surface area contributed by atoms with Crippen LogP contribution in [-0.2, 0) is 10.0 Å². The first kappa shape index (κ1) is 19.1. The van der Waals surface area contributed by atoms with Gasteiger partial charge in [-0.15, -0.1) is 0 Å². The molecule has 134 valence electrons. The molecule has 2 aromatic rings. The van der Waals surface area contributed by atoms with Gasteiger partial charge in [0.25, 0.3) is 5.91 Å². The summed E-state index contributed by atoms with van der Waals surface area (Å²) in [5, 5.41) is 2.89. The minimum atomic E-state index is -3.60. The van der Waals surface area contributed by atoms with Crippen molar-refractivity contribution in [2.45, 2.75) is 39.0 Å². The fourth-order valence-electron chi connectivity index (χ4n) is 2.69. The molecule has 2 N–H and O–H groups in total. The van der Waals surface area contributed by atoms with E-state index >= 15 is 0 Å². The van der Waals surface area contributed by atoms with Crippen molar-refractivity contribution in [3.05, 3.63) is 58.7 Å². The van der Waals surface area contributed by atoms with Crippen molar-refractivity contribution < 1.29 is 13.2 Å². The predicted molar refractivity (Wildman–Crippen MR) is 101 cm³/mol. The molecule has 0 spiro atoms. The molecule has 0 saturated carbocycles. The van der Waals surface area contributed by atoms with E-state index in [1.807, 2.05) is 39.8 Å². The van der Waals surface area contributed by atoms with Gasteiger partial charge in [0.2, 0.25) is 10.0 Å². The van der Waals surface area contributed by atoms with Crippen molar-refractivity contribution in [1.29, 1.82) is 0 Å². The molecule has 0 aromatic heterocycles. The highest BCUT2D eigenvalue weighted by atomic mass is 32.2. The van der Waals surface area contributed by atoms with Crippen LogP contribution in [0.2, 0.25) is 0 Å². The molecule has 1 amide bonds. The lowest BCUT2D eigenvalue weighted by Crippen LogP contribution is -2.24. The number of benzene rings is 2. The monoisotopic (exact) mass is 360 g/mol. The average molecular weight is 360 g/mol. The average Bonchev–Trinajstić information content (AvgIpc) is 2.56. The largest absolute Gasteiger partial charge is 0.322 e. The van der Waals surface area contributed by atoms with Gasteiger partial charge in [-0.25, -0.2) is 13.1 Å². The summed E-state index contributed by atoms with van der Waals surface area (Å²) in [5.74, 6) is -0.331. The van der Waals surface area contributed by atoms with Gasteiger partial charge in [0.15, 0.2) is 0 Å². The number of carbonyl (C=O) groups excluding carboxylic acids is 1. The Kier molecular flexibility index (Phi) is 5.98. The molecule has 2 aromatic carbocycles. The summed E-state index contributed by atoms with van der Waals surface area (Å²) in [4.78, 5) is 12.7. The second-order valence-corrected chi connectivity index (χ2v) is 7.92. The van der Waals surface area contributed by atoms with Gasteiger partial charge in [-0.1, -0.05) is 30.7 Å². The number of anilines is 1. The van der Waals surface area contributed by atoms with E-state index in [1.54, 1.807) is 12.1 Å². The number of hydrogen-bond donors (Lipinski definition) is 2. The van der Waals surface area contributed by atoms with E-state index in [2.05, 4.69) is 10.0 Å². The zero-order valence-electron chi connectivity index (χ0n) is 15.0. The van der Waals surface area contributed by atoms with E-state index in [-0.39, 0.29) is 10.8 Å². The number of carbonyl (C=O) groups is 1. The van der Waals surface area contributed by atoms with Crippen LogP contribution in [0.25, 0.3) is 0 Å². The van der Waals surface area contributed by atoms with Crippen molar-refractivity contribution in [3.63, 3.8) is 0 Å². The molecule has 0 aliphatic rings. The van der Waals surface area contributed by atoms with Gasteiger partial charge in [-0.05, 0) is 56.5 Å². The lowest BCUT2D eigenvalue weighted by Gasteiger charge is -2.13. The topological polar surface area (TPSA) is 75.3 Å². The van der Waals surface area contributed by atoms with Crippen LogP contribution in [0.3, 0.4) is 0 Å². The fraction of sp³-hybridized carbons (Fsp3) is 0.316. The quantitative estimate of drug-likeness (QED) is 0.827. The number of rotatable bonds is 6. The molecule has 0 unspecified atom stereocenters. The Morgan fingerprint density at radius 2 is 1.68 bits per heavy atom. The lowest BCUT2D eigenvalue weighted by atomic mass is 10.0. The van der Waals surface area contributed by atoms with Crippen molar-refractivity contribution >= 4 is 21.6 Å². The fourth-order valence-corrected chi connectivity index (χ4v) is 3.87. The van der Waals surface area contributed by atoms with E-state index in [9.17, 15) is 13.2 Å². The molecular weight excluding hydrogens is 336 g/mol. The Hall–Kier alpha value is -2.18. The van der Waals surface area contributed by atoms with Crippen molar-refractivity contribution in [1.82, 2.24) is 4.72 Å². The van der Waals surface area contributed by atoms with E-state index < -0.39 is 10.0 Å². The highest BCUT2D eigenvalue weighted by Gasteiger charge is 2.16. The third-order valence-electron chi connectivity index (χ3n) is 3.86. The third kappa shape index (κ3) is 4.67.